The quantitative estimate of drug-likeness (QED) is 0.801. The summed E-state index contributed by atoms with van der Waals surface area (Å²) >= 11 is 0. The second kappa shape index (κ2) is 5.67. The number of nitrogens with zero attached hydrogens (tertiary/aromatic N) is 1. The highest BCUT2D eigenvalue weighted by atomic mass is 16.5. The van der Waals surface area contributed by atoms with Crippen LogP contribution in [0.15, 0.2) is 48.8 Å². The number of nitrogens with two attached hydrogens (primary N) is 1. The van der Waals surface area contributed by atoms with Crippen molar-refractivity contribution in [2.75, 3.05) is 17.7 Å². The molecule has 0 atom stereocenters. The number of ether oxygens (including phenoxy) is 1. The molecule has 3 N–H and O–H groups in total. The van der Waals surface area contributed by atoms with Crippen molar-refractivity contribution < 1.29 is 9.53 Å². The second-order valence-corrected chi connectivity index (χ2v) is 3.64. The molecule has 18 heavy (non-hydrogen) atoms. The average molecular weight is 243 g/mol. The number of amides is 1. The largest absolute Gasteiger partial charge is 0.484 e. The number of carbonyl (C=O) groups excluding carboxylic acids is 1. The third-order valence-corrected chi connectivity index (χ3v) is 2.21. The van der Waals surface area contributed by atoms with Crippen LogP contribution in [0.1, 0.15) is 0 Å². The van der Waals surface area contributed by atoms with Crippen molar-refractivity contribution in [2.45, 2.75) is 0 Å². The maximum Gasteiger partial charge on any atom is 0.262 e. The minimum Gasteiger partial charge on any atom is -0.484 e. The second-order valence-electron chi connectivity index (χ2n) is 3.64. The number of aromatic nitrogens is 1. The molecule has 0 saturated carbocycles. The van der Waals surface area contributed by atoms with Crippen molar-refractivity contribution in [1.29, 1.82) is 0 Å². The molecule has 1 aromatic carbocycles. The molecular weight excluding hydrogens is 230 g/mol. The van der Waals surface area contributed by atoms with Crippen LogP contribution in [0.2, 0.25) is 0 Å². The van der Waals surface area contributed by atoms with Gasteiger partial charge in [0.2, 0.25) is 0 Å². The maximum atomic E-state index is 11.6. The normalized spacial score (nSPS) is 9.78. The van der Waals surface area contributed by atoms with Gasteiger partial charge in [-0.2, -0.15) is 0 Å². The fourth-order valence-electron chi connectivity index (χ4n) is 1.35. The molecule has 0 bridgehead atoms. The smallest absolute Gasteiger partial charge is 0.262 e. The van der Waals surface area contributed by atoms with Gasteiger partial charge in [0.25, 0.3) is 5.91 Å². The van der Waals surface area contributed by atoms with Crippen LogP contribution in [-0.4, -0.2) is 17.5 Å². The Morgan fingerprint density at radius 3 is 2.50 bits per heavy atom. The Bertz CT molecular complexity index is 512. The highest BCUT2D eigenvalue weighted by Crippen LogP contribution is 2.13. The van der Waals surface area contributed by atoms with Crippen LogP contribution in [0.25, 0.3) is 0 Å². The molecule has 92 valence electrons. The number of benzene rings is 1. The van der Waals surface area contributed by atoms with Gasteiger partial charge in [0.1, 0.15) is 5.75 Å². The number of nitrogen functional groups attached to an aromatic ring is 1. The van der Waals surface area contributed by atoms with Crippen molar-refractivity contribution in [3.63, 3.8) is 0 Å². The molecule has 0 fully saturated rings. The van der Waals surface area contributed by atoms with E-state index in [0.29, 0.717) is 17.1 Å². The van der Waals surface area contributed by atoms with Gasteiger partial charge in [-0.15, -0.1) is 0 Å². The molecule has 0 aliphatic heterocycles. The first-order chi connectivity index (χ1) is 8.74. The number of anilines is 2. The van der Waals surface area contributed by atoms with E-state index in [9.17, 15) is 4.79 Å². The van der Waals surface area contributed by atoms with Gasteiger partial charge in [0.15, 0.2) is 6.61 Å². The van der Waals surface area contributed by atoms with Crippen LogP contribution < -0.4 is 15.8 Å². The minimum absolute atomic E-state index is 0.0494. The lowest BCUT2D eigenvalue weighted by Crippen LogP contribution is -2.20. The van der Waals surface area contributed by atoms with Gasteiger partial charge in [0, 0.05) is 23.8 Å². The van der Waals surface area contributed by atoms with Crippen molar-refractivity contribution in [1.82, 2.24) is 4.98 Å². The Hall–Kier alpha value is -2.56. The summed E-state index contributed by atoms with van der Waals surface area (Å²) in [5, 5.41) is 2.69. The highest BCUT2D eigenvalue weighted by Gasteiger charge is 2.03. The van der Waals surface area contributed by atoms with Crippen LogP contribution >= 0.6 is 0 Å². The van der Waals surface area contributed by atoms with Crippen LogP contribution in [0.4, 0.5) is 11.4 Å². The van der Waals surface area contributed by atoms with Gasteiger partial charge >= 0.3 is 0 Å². The van der Waals surface area contributed by atoms with E-state index in [0.717, 1.165) is 0 Å². The monoisotopic (exact) mass is 243 g/mol. The third-order valence-electron chi connectivity index (χ3n) is 2.21. The predicted molar refractivity (Wildman–Crippen MR) is 69.2 cm³/mol. The summed E-state index contributed by atoms with van der Waals surface area (Å²) in [5.74, 6) is 0.382. The number of carbonyl (C=O) groups is 1. The summed E-state index contributed by atoms with van der Waals surface area (Å²) in [6.07, 6.45) is 3.22. The number of hydrogen-bond donors (Lipinski definition) is 2. The van der Waals surface area contributed by atoms with Crippen molar-refractivity contribution >= 4 is 17.3 Å². The van der Waals surface area contributed by atoms with E-state index < -0.39 is 0 Å². The molecule has 1 aromatic heterocycles. The number of nitrogens with one attached hydrogen (secondary N) is 1. The number of hydrogen-bond acceptors (Lipinski definition) is 4. The Balaban J connectivity index is 1.83. The molecule has 0 saturated heterocycles. The zero-order valence-corrected chi connectivity index (χ0v) is 9.67. The Labute approximate surface area is 105 Å². The standard InChI is InChI=1S/C13H13N3O2/c14-10-1-3-12(4-2-10)18-9-13(17)16-11-5-7-15-8-6-11/h1-8H,9,14H2,(H,15,16,17). The lowest BCUT2D eigenvalue weighted by Gasteiger charge is -2.07. The number of pyridine rings is 1. The molecular formula is C13H13N3O2. The van der Waals surface area contributed by atoms with Gasteiger partial charge in [-0.25, -0.2) is 0 Å². The van der Waals surface area contributed by atoms with Gasteiger partial charge in [-0.3, -0.25) is 9.78 Å². The lowest BCUT2D eigenvalue weighted by molar-refractivity contribution is -0.118. The molecule has 1 heterocycles. The maximum absolute atomic E-state index is 11.6. The molecule has 5 heteroatoms. The molecule has 2 aromatic rings. The SMILES string of the molecule is Nc1ccc(OCC(=O)Nc2ccncc2)cc1. The van der Waals surface area contributed by atoms with Crippen LogP contribution in [-0.2, 0) is 4.79 Å². The van der Waals surface area contributed by atoms with Gasteiger partial charge in [0.05, 0.1) is 0 Å². The Morgan fingerprint density at radius 2 is 1.83 bits per heavy atom. The molecule has 2 rings (SSSR count). The minimum atomic E-state index is -0.224. The summed E-state index contributed by atoms with van der Waals surface area (Å²) in [7, 11) is 0. The average Bonchev–Trinajstić information content (AvgIpc) is 2.39. The highest BCUT2D eigenvalue weighted by molar-refractivity contribution is 5.91. The van der Waals surface area contributed by atoms with E-state index in [4.69, 9.17) is 10.5 Å². The van der Waals surface area contributed by atoms with Crippen LogP contribution in [0, 0.1) is 0 Å². The van der Waals surface area contributed by atoms with Gasteiger partial charge in [-0.1, -0.05) is 0 Å². The molecule has 0 unspecified atom stereocenters. The molecule has 0 spiro atoms. The molecule has 1 amide bonds. The summed E-state index contributed by atoms with van der Waals surface area (Å²) in [4.78, 5) is 15.4. The third kappa shape index (κ3) is 3.48. The van der Waals surface area contributed by atoms with Crippen LogP contribution in [0.3, 0.4) is 0 Å². The Morgan fingerprint density at radius 1 is 1.17 bits per heavy atom. The summed E-state index contributed by atoms with van der Waals surface area (Å²) in [5.41, 5.74) is 6.89. The first-order valence-electron chi connectivity index (χ1n) is 5.42. The first-order valence-corrected chi connectivity index (χ1v) is 5.42. The fourth-order valence-corrected chi connectivity index (χ4v) is 1.35. The van der Waals surface area contributed by atoms with E-state index >= 15 is 0 Å². The van der Waals surface area contributed by atoms with E-state index in [-0.39, 0.29) is 12.5 Å². The fraction of sp³-hybridized carbons (Fsp3) is 0.0769. The predicted octanol–water partition coefficient (Wildman–Crippen LogP) is 1.68. The topological polar surface area (TPSA) is 77.2 Å². The Kier molecular flexibility index (Phi) is 3.76. The lowest BCUT2D eigenvalue weighted by atomic mass is 10.3. The van der Waals surface area contributed by atoms with E-state index in [1.54, 1.807) is 48.8 Å². The van der Waals surface area contributed by atoms with Crippen molar-refractivity contribution in [3.8, 4) is 5.75 Å². The summed E-state index contributed by atoms with van der Waals surface area (Å²) in [6, 6.07) is 10.3. The zero-order chi connectivity index (χ0) is 12.8. The zero-order valence-electron chi connectivity index (χ0n) is 9.67. The van der Waals surface area contributed by atoms with Crippen molar-refractivity contribution in [2.24, 2.45) is 0 Å². The van der Waals surface area contributed by atoms with Crippen LogP contribution in [0.5, 0.6) is 5.75 Å². The number of rotatable bonds is 4. The molecule has 5 nitrogen and oxygen atoms in total. The molecule has 0 aliphatic rings. The summed E-state index contributed by atoms with van der Waals surface area (Å²) in [6.45, 7) is -0.0494. The molecule has 0 radical (unpaired) electrons. The van der Waals surface area contributed by atoms with E-state index in [1.165, 1.54) is 0 Å². The van der Waals surface area contributed by atoms with Crippen molar-refractivity contribution in [3.05, 3.63) is 48.8 Å². The first kappa shape index (κ1) is 11.9. The van der Waals surface area contributed by atoms with Gasteiger partial charge in [-0.05, 0) is 36.4 Å². The molecule has 0 aliphatic carbocycles. The van der Waals surface area contributed by atoms with Gasteiger partial charge < -0.3 is 15.8 Å². The summed E-state index contributed by atoms with van der Waals surface area (Å²) < 4.78 is 5.31. The van der Waals surface area contributed by atoms with E-state index in [2.05, 4.69) is 10.3 Å². The van der Waals surface area contributed by atoms with E-state index in [1.807, 2.05) is 0 Å².